The summed E-state index contributed by atoms with van der Waals surface area (Å²) in [7, 11) is 0. The maximum absolute atomic E-state index is 11.3. The Morgan fingerprint density at radius 1 is 0.963 bits per heavy atom. The zero-order valence-electron chi connectivity index (χ0n) is 16.5. The molecule has 3 N–H and O–H groups in total. The van der Waals surface area contributed by atoms with E-state index in [-0.39, 0.29) is 18.6 Å². The van der Waals surface area contributed by atoms with Crippen LogP contribution in [0.4, 0.5) is 0 Å². The fourth-order valence-electron chi connectivity index (χ4n) is 2.26. The number of amides is 1. The number of rotatable bonds is 16. The van der Waals surface area contributed by atoms with Crippen LogP contribution in [0.2, 0.25) is 0 Å². The van der Waals surface area contributed by atoms with Gasteiger partial charge in [-0.05, 0) is 32.1 Å². The minimum atomic E-state index is -1.03. The monoisotopic (exact) mass is 377 g/mol. The van der Waals surface area contributed by atoms with Gasteiger partial charge < -0.3 is 15.5 Å². The third-order valence-electron chi connectivity index (χ3n) is 3.77. The Hall–Kier alpha value is -2.14. The molecule has 0 aromatic carbocycles. The Labute approximate surface area is 163 Å². The third kappa shape index (κ3) is 20.0. The summed E-state index contributed by atoms with van der Waals surface area (Å²) >= 11 is 0. The van der Waals surface area contributed by atoms with Crippen LogP contribution >= 0.6 is 0 Å². The van der Waals surface area contributed by atoms with Crippen LogP contribution < -0.4 is 5.32 Å². The van der Waals surface area contributed by atoms with E-state index in [9.17, 15) is 14.7 Å². The molecule has 0 rings (SSSR count). The molecule has 5 heteroatoms. The lowest BCUT2D eigenvalue weighted by Gasteiger charge is -2.02. The van der Waals surface area contributed by atoms with Crippen LogP contribution in [0.3, 0.4) is 0 Å². The summed E-state index contributed by atoms with van der Waals surface area (Å²) < 4.78 is 0. The second-order valence-corrected chi connectivity index (χ2v) is 6.35. The first-order chi connectivity index (χ1) is 13.1. The Kier molecular flexibility index (Phi) is 17.2. The maximum atomic E-state index is 11.3. The Balaban J connectivity index is 3.61. The highest BCUT2D eigenvalue weighted by Gasteiger charge is 2.02. The molecule has 0 unspecified atom stereocenters. The number of hydrogen-bond donors (Lipinski definition) is 3. The average molecular weight is 378 g/mol. The lowest BCUT2D eigenvalue weighted by molar-refractivity contribution is -0.137. The number of hydrogen-bond acceptors (Lipinski definition) is 3. The van der Waals surface area contributed by atoms with E-state index in [1.54, 1.807) is 0 Å². The van der Waals surface area contributed by atoms with Gasteiger partial charge in [0.15, 0.2) is 0 Å². The smallest absolute Gasteiger partial charge is 0.322 e. The molecule has 0 bridgehead atoms. The van der Waals surface area contributed by atoms with Gasteiger partial charge in [-0.3, -0.25) is 9.59 Å². The number of carboxylic acids is 1. The van der Waals surface area contributed by atoms with Gasteiger partial charge in [0.2, 0.25) is 5.91 Å². The van der Waals surface area contributed by atoms with Crippen molar-refractivity contribution in [1.82, 2.24) is 5.32 Å². The minimum Gasteiger partial charge on any atom is -0.480 e. The van der Waals surface area contributed by atoms with Gasteiger partial charge in [-0.25, -0.2) is 0 Å². The van der Waals surface area contributed by atoms with Gasteiger partial charge in [-0.2, -0.15) is 0 Å². The molecule has 0 fully saturated rings. The molecule has 0 aromatic heterocycles. The van der Waals surface area contributed by atoms with E-state index in [0.717, 1.165) is 32.1 Å². The van der Waals surface area contributed by atoms with Gasteiger partial charge in [0, 0.05) is 6.42 Å². The number of aliphatic hydroxyl groups excluding tert-OH is 1. The highest BCUT2D eigenvalue weighted by molar-refractivity contribution is 5.80. The van der Waals surface area contributed by atoms with Gasteiger partial charge in [-0.1, -0.05) is 74.8 Å². The summed E-state index contributed by atoms with van der Waals surface area (Å²) in [6.07, 6.45) is 23.5. The molecule has 0 saturated heterocycles. The number of carbonyl (C=O) groups excluding carboxylic acids is 1. The number of unbranched alkanes of at least 4 members (excludes halogenated alkanes) is 3. The second-order valence-electron chi connectivity index (χ2n) is 6.35. The van der Waals surface area contributed by atoms with Crippen molar-refractivity contribution in [2.45, 2.75) is 70.8 Å². The normalized spacial score (nSPS) is 13.3. The highest BCUT2D eigenvalue weighted by Crippen LogP contribution is 2.04. The van der Waals surface area contributed by atoms with E-state index in [1.165, 1.54) is 12.8 Å². The maximum Gasteiger partial charge on any atom is 0.322 e. The summed E-state index contributed by atoms with van der Waals surface area (Å²) in [6.45, 7) is 1.84. The van der Waals surface area contributed by atoms with Crippen molar-refractivity contribution in [2.75, 3.05) is 6.54 Å². The standard InChI is InChI=1S/C22H35NO4/c1-2-3-13-16-20(24)17-14-11-9-7-5-4-6-8-10-12-15-18-21(25)23-19-22(26)27/h4-5,8-11,14,17,20,24H,2-3,6-7,12-13,15-16,18-19H2,1H3,(H,23,25)(H,26,27)/b5-4-,10-8-,11-9-,17-14+/t20-/m0/s1. The molecule has 0 spiro atoms. The zero-order valence-corrected chi connectivity index (χ0v) is 16.5. The largest absolute Gasteiger partial charge is 0.480 e. The molecule has 27 heavy (non-hydrogen) atoms. The molecule has 0 heterocycles. The fourth-order valence-corrected chi connectivity index (χ4v) is 2.26. The first kappa shape index (κ1) is 24.9. The van der Waals surface area contributed by atoms with Crippen LogP contribution in [0.1, 0.15) is 64.7 Å². The zero-order chi connectivity index (χ0) is 20.2. The van der Waals surface area contributed by atoms with Crippen molar-refractivity contribution in [1.29, 1.82) is 0 Å². The summed E-state index contributed by atoms with van der Waals surface area (Å²) in [5.41, 5.74) is 0. The second kappa shape index (κ2) is 18.6. The van der Waals surface area contributed by atoms with E-state index >= 15 is 0 Å². The number of nitrogens with one attached hydrogen (secondary N) is 1. The number of carboxylic acid groups (broad SMARTS) is 1. The van der Waals surface area contributed by atoms with Crippen molar-refractivity contribution >= 4 is 11.9 Å². The van der Waals surface area contributed by atoms with Crippen molar-refractivity contribution in [3.63, 3.8) is 0 Å². The number of carbonyl (C=O) groups is 2. The fraction of sp³-hybridized carbons (Fsp3) is 0.545. The van der Waals surface area contributed by atoms with Crippen LogP contribution in [0.25, 0.3) is 0 Å². The molecular formula is C22H35NO4. The van der Waals surface area contributed by atoms with Crippen LogP contribution in [0.15, 0.2) is 48.6 Å². The molecule has 0 saturated carbocycles. The molecule has 1 amide bonds. The molecule has 0 aromatic rings. The van der Waals surface area contributed by atoms with E-state index in [4.69, 9.17) is 5.11 Å². The quantitative estimate of drug-likeness (QED) is 0.213. The molecule has 0 aliphatic rings. The molecular weight excluding hydrogens is 342 g/mol. The highest BCUT2D eigenvalue weighted by atomic mass is 16.4. The van der Waals surface area contributed by atoms with Gasteiger partial charge in [0.25, 0.3) is 0 Å². The Bertz CT molecular complexity index is 506. The van der Waals surface area contributed by atoms with Gasteiger partial charge in [-0.15, -0.1) is 0 Å². The average Bonchev–Trinajstić information content (AvgIpc) is 2.64. The summed E-state index contributed by atoms with van der Waals surface area (Å²) in [5.74, 6) is -1.25. The van der Waals surface area contributed by atoms with Crippen molar-refractivity contribution in [3.05, 3.63) is 48.6 Å². The third-order valence-corrected chi connectivity index (χ3v) is 3.77. The SMILES string of the molecule is CCCCC[C@H](O)/C=C/C=C\C/C=C\C/C=C\CCCC(=O)NCC(=O)O. The summed E-state index contributed by atoms with van der Waals surface area (Å²) in [4.78, 5) is 21.6. The molecule has 0 aliphatic heterocycles. The Morgan fingerprint density at radius 2 is 1.67 bits per heavy atom. The van der Waals surface area contributed by atoms with Gasteiger partial charge in [0.05, 0.1) is 6.10 Å². The number of allylic oxidation sites excluding steroid dienone is 7. The summed E-state index contributed by atoms with van der Waals surface area (Å²) in [5, 5.41) is 20.5. The topological polar surface area (TPSA) is 86.6 Å². The van der Waals surface area contributed by atoms with Crippen molar-refractivity contribution in [2.24, 2.45) is 0 Å². The predicted molar refractivity (Wildman–Crippen MR) is 110 cm³/mol. The van der Waals surface area contributed by atoms with Gasteiger partial charge in [0.1, 0.15) is 6.54 Å². The minimum absolute atomic E-state index is 0.222. The first-order valence-corrected chi connectivity index (χ1v) is 9.86. The molecule has 5 nitrogen and oxygen atoms in total. The van der Waals surface area contributed by atoms with Crippen LogP contribution in [-0.4, -0.2) is 34.7 Å². The van der Waals surface area contributed by atoms with Crippen molar-refractivity contribution < 1.29 is 19.8 Å². The van der Waals surface area contributed by atoms with Crippen molar-refractivity contribution in [3.8, 4) is 0 Å². The molecule has 1 atom stereocenters. The Morgan fingerprint density at radius 3 is 2.37 bits per heavy atom. The van der Waals surface area contributed by atoms with Crippen LogP contribution in [-0.2, 0) is 9.59 Å². The van der Waals surface area contributed by atoms with E-state index < -0.39 is 5.97 Å². The van der Waals surface area contributed by atoms with E-state index in [0.29, 0.717) is 12.8 Å². The van der Waals surface area contributed by atoms with Gasteiger partial charge >= 0.3 is 5.97 Å². The van der Waals surface area contributed by atoms with Crippen LogP contribution in [0, 0.1) is 0 Å². The lowest BCUT2D eigenvalue weighted by Crippen LogP contribution is -2.28. The molecule has 0 aliphatic carbocycles. The van der Waals surface area contributed by atoms with E-state index in [2.05, 4.69) is 30.5 Å². The number of aliphatic carboxylic acids is 1. The molecule has 0 radical (unpaired) electrons. The lowest BCUT2D eigenvalue weighted by atomic mass is 10.1. The van der Waals surface area contributed by atoms with E-state index in [1.807, 2.05) is 30.4 Å². The number of aliphatic hydroxyl groups is 1. The predicted octanol–water partition coefficient (Wildman–Crippen LogP) is 4.30. The molecule has 152 valence electrons. The first-order valence-electron chi connectivity index (χ1n) is 9.86. The summed E-state index contributed by atoms with van der Waals surface area (Å²) in [6, 6.07) is 0. The van der Waals surface area contributed by atoms with Crippen LogP contribution in [0.5, 0.6) is 0 Å².